The van der Waals surface area contributed by atoms with Gasteiger partial charge in [-0.2, -0.15) is 0 Å². The minimum absolute atomic E-state index is 0.0501. The second kappa shape index (κ2) is 7.68. The summed E-state index contributed by atoms with van der Waals surface area (Å²) in [6.45, 7) is 6.36. The fraction of sp³-hybridized carbons (Fsp3) is 0.333. The first-order valence-electron chi connectivity index (χ1n) is 7.53. The van der Waals surface area contributed by atoms with Gasteiger partial charge in [0.25, 0.3) is 0 Å². The molecule has 0 amide bonds. The lowest BCUT2D eigenvalue weighted by atomic mass is 9.86. The van der Waals surface area contributed by atoms with Gasteiger partial charge in [-0.05, 0) is 35.2 Å². The summed E-state index contributed by atoms with van der Waals surface area (Å²) in [5.74, 6) is 1.13. The lowest BCUT2D eigenvalue weighted by Gasteiger charge is -2.21. The summed E-state index contributed by atoms with van der Waals surface area (Å²) in [5, 5.41) is 0. The van der Waals surface area contributed by atoms with Crippen LogP contribution in [-0.4, -0.2) is 14.2 Å². The zero-order chi connectivity index (χ0) is 18.5. The number of para-hydroxylation sites is 1. The van der Waals surface area contributed by atoms with Crippen LogP contribution in [0.25, 0.3) is 0 Å². The summed E-state index contributed by atoms with van der Waals surface area (Å²) < 4.78 is 10.0. The highest BCUT2D eigenvalue weighted by Gasteiger charge is 2.17. The molecule has 0 bridgehead atoms. The Labute approximate surface area is 143 Å². The van der Waals surface area contributed by atoms with Crippen molar-refractivity contribution < 1.29 is 9.47 Å². The van der Waals surface area contributed by atoms with Crippen LogP contribution >= 0.6 is 0 Å². The Morgan fingerprint density at radius 2 is 1.08 bits per heavy atom. The highest BCUT2D eigenvalue weighted by Crippen LogP contribution is 2.34. The first kappa shape index (κ1) is 19.3. The molecule has 0 aliphatic carbocycles. The van der Waals surface area contributed by atoms with E-state index in [9.17, 15) is 0 Å². The summed E-state index contributed by atoms with van der Waals surface area (Å²) >= 11 is 0. The van der Waals surface area contributed by atoms with Crippen LogP contribution in [0.4, 0.5) is 22.7 Å². The van der Waals surface area contributed by atoms with E-state index in [0.717, 1.165) is 5.56 Å². The van der Waals surface area contributed by atoms with Gasteiger partial charge in [0, 0.05) is 0 Å². The van der Waals surface area contributed by atoms with Crippen molar-refractivity contribution in [1.29, 1.82) is 0 Å². The van der Waals surface area contributed by atoms with E-state index in [4.69, 9.17) is 32.4 Å². The number of nitrogens with two attached hydrogens (primary N) is 4. The molecule has 0 heterocycles. The van der Waals surface area contributed by atoms with Crippen molar-refractivity contribution in [3.05, 3.63) is 35.9 Å². The maximum absolute atomic E-state index is 5.82. The number of benzene rings is 2. The van der Waals surface area contributed by atoms with Crippen LogP contribution in [-0.2, 0) is 5.41 Å². The van der Waals surface area contributed by atoms with Crippen molar-refractivity contribution in [2.75, 3.05) is 37.2 Å². The smallest absolute Gasteiger partial charge is 0.164 e. The molecule has 0 aliphatic rings. The predicted molar refractivity (Wildman–Crippen MR) is 102 cm³/mol. The van der Waals surface area contributed by atoms with Gasteiger partial charge in [0.1, 0.15) is 0 Å². The average molecular weight is 332 g/mol. The summed E-state index contributed by atoms with van der Waals surface area (Å²) in [6, 6.07) is 9.10. The number of ether oxygens (including phenoxy) is 2. The summed E-state index contributed by atoms with van der Waals surface area (Å²) in [6.07, 6.45) is 0. The Morgan fingerprint density at radius 1 is 0.708 bits per heavy atom. The Hall–Kier alpha value is -2.76. The van der Waals surface area contributed by atoms with Crippen molar-refractivity contribution in [2.45, 2.75) is 26.2 Å². The highest BCUT2D eigenvalue weighted by molar-refractivity contribution is 5.69. The monoisotopic (exact) mass is 332 g/mol. The molecule has 0 radical (unpaired) electrons. The molecule has 0 fully saturated rings. The van der Waals surface area contributed by atoms with Gasteiger partial charge in [0.2, 0.25) is 0 Å². The molecule has 0 saturated carbocycles. The van der Waals surface area contributed by atoms with Gasteiger partial charge in [-0.15, -0.1) is 0 Å². The summed E-state index contributed by atoms with van der Waals surface area (Å²) in [4.78, 5) is 0. The van der Waals surface area contributed by atoms with E-state index in [-0.39, 0.29) is 5.41 Å². The van der Waals surface area contributed by atoms with Crippen molar-refractivity contribution in [2.24, 2.45) is 0 Å². The van der Waals surface area contributed by atoms with E-state index in [1.807, 2.05) is 12.1 Å². The van der Waals surface area contributed by atoms with E-state index in [0.29, 0.717) is 34.2 Å². The Bertz CT molecular complexity index is 651. The molecular weight excluding hydrogens is 304 g/mol. The quantitative estimate of drug-likeness (QED) is 0.627. The molecule has 6 nitrogen and oxygen atoms in total. The standard InChI is InChI=1S/C11H18N2O.C7H10N2O/c1-11(2,3)7-5-8(12)10(14-4)9(13)6-7;1-10-7-5(8)3-2-4-6(7)9/h5-6H,12-13H2,1-4H3;2-4H,8-9H2,1H3. The molecule has 0 aromatic heterocycles. The second-order valence-electron chi connectivity index (χ2n) is 6.41. The topological polar surface area (TPSA) is 123 Å². The number of hydrogen-bond acceptors (Lipinski definition) is 6. The molecule has 2 aromatic carbocycles. The van der Waals surface area contributed by atoms with Gasteiger partial charge in [-0.25, -0.2) is 0 Å². The molecule has 0 aliphatic heterocycles. The third-order valence-corrected chi connectivity index (χ3v) is 3.50. The van der Waals surface area contributed by atoms with Gasteiger partial charge in [0.15, 0.2) is 11.5 Å². The van der Waals surface area contributed by atoms with Crippen LogP contribution in [0.2, 0.25) is 0 Å². The fourth-order valence-electron chi connectivity index (χ4n) is 2.15. The van der Waals surface area contributed by atoms with Gasteiger partial charge in [-0.3, -0.25) is 0 Å². The van der Waals surface area contributed by atoms with Crippen LogP contribution in [0, 0.1) is 0 Å². The molecule has 2 aromatic rings. The van der Waals surface area contributed by atoms with E-state index in [1.54, 1.807) is 32.4 Å². The molecule has 24 heavy (non-hydrogen) atoms. The van der Waals surface area contributed by atoms with Gasteiger partial charge in [-0.1, -0.05) is 26.8 Å². The highest BCUT2D eigenvalue weighted by atomic mass is 16.5. The number of nitrogen functional groups attached to an aromatic ring is 4. The summed E-state index contributed by atoms with van der Waals surface area (Å²) in [7, 11) is 3.11. The Kier molecular flexibility index (Phi) is 6.17. The SMILES string of the molecule is COc1c(N)cc(C(C)(C)C)cc1N.COc1c(N)cccc1N. The van der Waals surface area contributed by atoms with Gasteiger partial charge in [0.05, 0.1) is 37.0 Å². The Morgan fingerprint density at radius 3 is 1.38 bits per heavy atom. The van der Waals surface area contributed by atoms with E-state index in [2.05, 4.69) is 20.8 Å². The number of anilines is 4. The van der Waals surface area contributed by atoms with Crippen LogP contribution in [0.1, 0.15) is 26.3 Å². The van der Waals surface area contributed by atoms with Crippen LogP contribution < -0.4 is 32.4 Å². The van der Waals surface area contributed by atoms with Crippen molar-refractivity contribution in [1.82, 2.24) is 0 Å². The van der Waals surface area contributed by atoms with E-state index >= 15 is 0 Å². The van der Waals surface area contributed by atoms with Crippen molar-refractivity contribution >= 4 is 22.7 Å². The first-order valence-corrected chi connectivity index (χ1v) is 7.53. The molecule has 0 unspecified atom stereocenters. The summed E-state index contributed by atoms with van der Waals surface area (Å²) in [5.41, 5.74) is 26.2. The van der Waals surface area contributed by atoms with E-state index < -0.39 is 0 Å². The van der Waals surface area contributed by atoms with Gasteiger partial charge < -0.3 is 32.4 Å². The second-order valence-corrected chi connectivity index (χ2v) is 6.41. The average Bonchev–Trinajstić information content (AvgIpc) is 2.47. The van der Waals surface area contributed by atoms with Crippen molar-refractivity contribution in [3.8, 4) is 11.5 Å². The zero-order valence-electron chi connectivity index (χ0n) is 15.0. The molecule has 0 saturated heterocycles. The lowest BCUT2D eigenvalue weighted by Crippen LogP contribution is -2.12. The molecule has 2 rings (SSSR count). The minimum atomic E-state index is 0.0501. The molecule has 0 atom stereocenters. The van der Waals surface area contributed by atoms with E-state index in [1.165, 1.54) is 0 Å². The minimum Gasteiger partial charge on any atom is -0.492 e. The van der Waals surface area contributed by atoms with Crippen LogP contribution in [0.5, 0.6) is 11.5 Å². The number of rotatable bonds is 2. The van der Waals surface area contributed by atoms with Crippen LogP contribution in [0.3, 0.4) is 0 Å². The number of hydrogen-bond donors (Lipinski definition) is 4. The molecular formula is C18H28N4O2. The fourth-order valence-corrected chi connectivity index (χ4v) is 2.15. The molecule has 6 heteroatoms. The third kappa shape index (κ3) is 4.62. The molecule has 8 N–H and O–H groups in total. The van der Waals surface area contributed by atoms with Crippen LogP contribution in [0.15, 0.2) is 30.3 Å². The largest absolute Gasteiger partial charge is 0.492 e. The van der Waals surface area contributed by atoms with Gasteiger partial charge >= 0.3 is 0 Å². The lowest BCUT2D eigenvalue weighted by molar-refractivity contribution is 0.418. The third-order valence-electron chi connectivity index (χ3n) is 3.50. The Balaban J connectivity index is 0.000000254. The molecule has 132 valence electrons. The maximum Gasteiger partial charge on any atom is 0.164 e. The normalized spacial score (nSPS) is 10.5. The maximum atomic E-state index is 5.82. The zero-order valence-corrected chi connectivity index (χ0v) is 15.0. The number of methoxy groups -OCH3 is 2. The predicted octanol–water partition coefficient (Wildman–Crippen LogP) is 3.02. The molecule has 0 spiro atoms. The first-order chi connectivity index (χ1) is 11.1. The van der Waals surface area contributed by atoms with Crippen molar-refractivity contribution in [3.63, 3.8) is 0 Å².